The average molecular weight is 259 g/mol. The molecular formula is C17H22FN. The minimum absolute atomic E-state index is 0.140. The van der Waals surface area contributed by atoms with Crippen LogP contribution in [0.1, 0.15) is 38.8 Å². The lowest BCUT2D eigenvalue weighted by molar-refractivity contribution is 0.440. The van der Waals surface area contributed by atoms with E-state index in [0.29, 0.717) is 11.3 Å². The smallest absolute Gasteiger partial charge is 0.131 e. The van der Waals surface area contributed by atoms with E-state index in [4.69, 9.17) is 0 Å². The molecule has 0 saturated heterocycles. The Balaban J connectivity index is 2.50. The number of halogens is 1. The summed E-state index contributed by atoms with van der Waals surface area (Å²) in [6.07, 6.45) is 1.06. The van der Waals surface area contributed by atoms with Gasteiger partial charge in [0.15, 0.2) is 0 Å². The minimum atomic E-state index is -0.140. The molecular weight excluding hydrogens is 237 g/mol. The highest BCUT2D eigenvalue weighted by molar-refractivity contribution is 5.86. The molecule has 1 unspecified atom stereocenters. The van der Waals surface area contributed by atoms with Crippen molar-refractivity contribution < 1.29 is 4.39 Å². The number of hydrogen-bond acceptors (Lipinski definition) is 1. The summed E-state index contributed by atoms with van der Waals surface area (Å²) in [5, 5.41) is 5.26. The van der Waals surface area contributed by atoms with Crippen LogP contribution >= 0.6 is 0 Å². The fourth-order valence-electron chi connectivity index (χ4n) is 2.63. The third-order valence-corrected chi connectivity index (χ3v) is 3.44. The monoisotopic (exact) mass is 259 g/mol. The van der Waals surface area contributed by atoms with E-state index < -0.39 is 0 Å². The van der Waals surface area contributed by atoms with Crippen LogP contribution in [0.3, 0.4) is 0 Å². The van der Waals surface area contributed by atoms with Gasteiger partial charge in [0.1, 0.15) is 5.82 Å². The summed E-state index contributed by atoms with van der Waals surface area (Å²) < 4.78 is 13.9. The molecule has 0 heterocycles. The van der Waals surface area contributed by atoms with Gasteiger partial charge in [0.25, 0.3) is 0 Å². The highest BCUT2D eigenvalue weighted by atomic mass is 19.1. The van der Waals surface area contributed by atoms with E-state index in [-0.39, 0.29) is 11.9 Å². The number of nitrogens with one attached hydrogen (secondary N) is 1. The van der Waals surface area contributed by atoms with Crippen LogP contribution in [-0.2, 0) is 0 Å². The largest absolute Gasteiger partial charge is 0.310 e. The van der Waals surface area contributed by atoms with E-state index >= 15 is 0 Å². The fraction of sp³-hybridized carbons (Fsp3) is 0.412. The Kier molecular flexibility index (Phi) is 4.54. The lowest BCUT2D eigenvalue weighted by Gasteiger charge is -2.22. The summed E-state index contributed by atoms with van der Waals surface area (Å²) in [5.41, 5.74) is 1.20. The van der Waals surface area contributed by atoms with Crippen molar-refractivity contribution in [1.29, 1.82) is 0 Å². The van der Waals surface area contributed by atoms with Crippen molar-refractivity contribution in [2.75, 3.05) is 6.54 Å². The van der Waals surface area contributed by atoms with Gasteiger partial charge in [-0.05, 0) is 35.9 Å². The molecule has 0 saturated carbocycles. The van der Waals surface area contributed by atoms with E-state index in [9.17, 15) is 4.39 Å². The van der Waals surface area contributed by atoms with Crippen LogP contribution in [-0.4, -0.2) is 6.54 Å². The van der Waals surface area contributed by atoms with Gasteiger partial charge >= 0.3 is 0 Å². The molecule has 1 N–H and O–H groups in total. The average Bonchev–Trinajstić information content (AvgIpc) is 2.39. The molecule has 1 nitrogen and oxygen atoms in total. The first-order valence-corrected chi connectivity index (χ1v) is 7.04. The van der Waals surface area contributed by atoms with E-state index in [2.05, 4.69) is 26.1 Å². The predicted octanol–water partition coefficient (Wildman–Crippen LogP) is 4.68. The molecule has 0 fully saturated rings. The van der Waals surface area contributed by atoms with E-state index in [0.717, 1.165) is 18.4 Å². The van der Waals surface area contributed by atoms with Gasteiger partial charge in [-0.25, -0.2) is 4.39 Å². The zero-order valence-corrected chi connectivity index (χ0v) is 11.9. The van der Waals surface area contributed by atoms with Crippen molar-refractivity contribution in [3.63, 3.8) is 0 Å². The lowest BCUT2D eigenvalue weighted by Crippen LogP contribution is -2.22. The van der Waals surface area contributed by atoms with Crippen molar-refractivity contribution >= 4 is 10.8 Å². The van der Waals surface area contributed by atoms with Crippen LogP contribution in [0.25, 0.3) is 10.8 Å². The number of rotatable bonds is 5. The van der Waals surface area contributed by atoms with Crippen LogP contribution in [0, 0.1) is 11.7 Å². The molecule has 2 aromatic carbocycles. The minimum Gasteiger partial charge on any atom is -0.310 e. The van der Waals surface area contributed by atoms with Crippen LogP contribution in [0.2, 0.25) is 0 Å². The molecule has 0 aliphatic heterocycles. The summed E-state index contributed by atoms with van der Waals surface area (Å²) in [6, 6.07) is 11.5. The van der Waals surface area contributed by atoms with Crippen LogP contribution in [0.4, 0.5) is 4.39 Å². The SMILES string of the molecule is CCNC(CC(C)C)c1ccc(F)c2ccccc12. The number of benzene rings is 2. The molecule has 102 valence electrons. The van der Waals surface area contributed by atoms with Gasteiger partial charge in [-0.2, -0.15) is 0 Å². The maximum Gasteiger partial charge on any atom is 0.131 e. The normalized spacial score (nSPS) is 13.1. The second-order valence-electron chi connectivity index (χ2n) is 5.42. The molecule has 0 aliphatic carbocycles. The van der Waals surface area contributed by atoms with Crippen LogP contribution in [0.15, 0.2) is 36.4 Å². The lowest BCUT2D eigenvalue weighted by atomic mass is 9.92. The molecule has 0 spiro atoms. The Morgan fingerprint density at radius 3 is 2.37 bits per heavy atom. The van der Waals surface area contributed by atoms with Gasteiger partial charge in [-0.15, -0.1) is 0 Å². The van der Waals surface area contributed by atoms with Gasteiger partial charge in [0.05, 0.1) is 0 Å². The Morgan fingerprint density at radius 2 is 1.74 bits per heavy atom. The zero-order valence-electron chi connectivity index (χ0n) is 11.9. The molecule has 0 amide bonds. The van der Waals surface area contributed by atoms with E-state index in [1.807, 2.05) is 30.3 Å². The second-order valence-corrected chi connectivity index (χ2v) is 5.42. The summed E-state index contributed by atoms with van der Waals surface area (Å²) in [6.45, 7) is 7.47. The van der Waals surface area contributed by atoms with Gasteiger partial charge in [-0.1, -0.05) is 51.1 Å². The highest BCUT2D eigenvalue weighted by Gasteiger charge is 2.16. The summed E-state index contributed by atoms with van der Waals surface area (Å²) in [7, 11) is 0. The third-order valence-electron chi connectivity index (χ3n) is 3.44. The standard InChI is InChI=1S/C17H22FN/c1-4-19-17(11-12(2)3)15-9-10-16(18)14-8-6-5-7-13(14)15/h5-10,12,17,19H,4,11H2,1-3H3. The van der Waals surface area contributed by atoms with E-state index in [1.54, 1.807) is 6.07 Å². The Morgan fingerprint density at radius 1 is 1.05 bits per heavy atom. The maximum absolute atomic E-state index is 13.9. The van der Waals surface area contributed by atoms with Gasteiger partial charge in [0.2, 0.25) is 0 Å². The molecule has 2 rings (SSSR count). The van der Waals surface area contributed by atoms with Crippen LogP contribution in [0.5, 0.6) is 0 Å². The summed E-state index contributed by atoms with van der Waals surface area (Å²) in [4.78, 5) is 0. The van der Waals surface area contributed by atoms with Gasteiger partial charge < -0.3 is 5.32 Å². The molecule has 0 aromatic heterocycles. The van der Waals surface area contributed by atoms with Crippen molar-refractivity contribution in [2.24, 2.45) is 5.92 Å². The molecule has 2 aromatic rings. The van der Waals surface area contributed by atoms with Gasteiger partial charge in [0, 0.05) is 11.4 Å². The third kappa shape index (κ3) is 3.13. The quantitative estimate of drug-likeness (QED) is 0.822. The van der Waals surface area contributed by atoms with Crippen LogP contribution < -0.4 is 5.32 Å². The molecule has 0 bridgehead atoms. The first kappa shape index (κ1) is 14.0. The Hall–Kier alpha value is -1.41. The highest BCUT2D eigenvalue weighted by Crippen LogP contribution is 2.29. The second kappa shape index (κ2) is 6.16. The topological polar surface area (TPSA) is 12.0 Å². The first-order chi connectivity index (χ1) is 9.13. The summed E-state index contributed by atoms with van der Waals surface area (Å²) >= 11 is 0. The number of fused-ring (bicyclic) bond motifs is 1. The summed E-state index contributed by atoms with van der Waals surface area (Å²) in [5.74, 6) is 0.465. The molecule has 19 heavy (non-hydrogen) atoms. The van der Waals surface area contributed by atoms with Crippen molar-refractivity contribution in [3.05, 3.63) is 47.8 Å². The molecule has 0 aliphatic rings. The fourth-order valence-corrected chi connectivity index (χ4v) is 2.63. The molecule has 1 atom stereocenters. The van der Waals surface area contributed by atoms with E-state index in [1.165, 1.54) is 5.56 Å². The Bertz CT molecular complexity index is 548. The zero-order chi connectivity index (χ0) is 13.8. The predicted molar refractivity (Wildman–Crippen MR) is 79.8 cm³/mol. The maximum atomic E-state index is 13.9. The first-order valence-electron chi connectivity index (χ1n) is 7.04. The molecule has 0 radical (unpaired) electrons. The number of hydrogen-bond donors (Lipinski definition) is 1. The van der Waals surface area contributed by atoms with Crippen molar-refractivity contribution in [3.8, 4) is 0 Å². The van der Waals surface area contributed by atoms with Crippen molar-refractivity contribution in [2.45, 2.75) is 33.2 Å². The Labute approximate surface area is 114 Å². The van der Waals surface area contributed by atoms with Gasteiger partial charge in [-0.3, -0.25) is 0 Å². The molecule has 2 heteroatoms. The van der Waals surface area contributed by atoms with Crippen molar-refractivity contribution in [1.82, 2.24) is 5.32 Å².